The number of non-ortho nitro benzene ring substituents is 1. The molecule has 2 atom stereocenters. The van der Waals surface area contributed by atoms with E-state index in [1.165, 1.54) is 30.3 Å². The van der Waals surface area contributed by atoms with Gasteiger partial charge in [0.2, 0.25) is 12.0 Å². The number of imide groups is 1. The highest BCUT2D eigenvalue weighted by atomic mass is 19.4. The Morgan fingerprint density at radius 1 is 1.07 bits per heavy atom. The van der Waals surface area contributed by atoms with Gasteiger partial charge in [0.1, 0.15) is 11.6 Å². The maximum Gasteiger partial charge on any atom is 0.416 e. The molecule has 1 fully saturated rings. The Morgan fingerprint density at radius 2 is 1.76 bits per heavy atom. The fourth-order valence-electron chi connectivity index (χ4n) is 3.25. The number of amides is 2. The van der Waals surface area contributed by atoms with Crippen LogP contribution in [0.2, 0.25) is 0 Å². The van der Waals surface area contributed by atoms with Crippen LogP contribution in [0.5, 0.6) is 0 Å². The van der Waals surface area contributed by atoms with Crippen molar-refractivity contribution in [2.24, 2.45) is 11.1 Å². The molecule has 0 unspecified atom stereocenters. The van der Waals surface area contributed by atoms with Crippen LogP contribution in [0.15, 0.2) is 53.7 Å². The fourth-order valence-corrected chi connectivity index (χ4v) is 3.25. The highest BCUT2D eigenvalue weighted by Gasteiger charge is 2.56. The summed E-state index contributed by atoms with van der Waals surface area (Å²) in [7, 11) is 0. The van der Waals surface area contributed by atoms with Gasteiger partial charge >= 0.3 is 6.18 Å². The van der Waals surface area contributed by atoms with Crippen molar-refractivity contribution in [2.75, 3.05) is 4.90 Å². The first-order valence-electron chi connectivity index (χ1n) is 8.22. The highest BCUT2D eigenvalue weighted by Crippen LogP contribution is 2.37. The SMILES string of the molecule is O=C1[C@@H]2C(c3ccc([N+](=O)[O-])cc3)=NO[C@@H]2C(=O)N1c1cccc(C(F)(F)F)c1. The maximum absolute atomic E-state index is 13.0. The number of carbonyl (C=O) groups is 2. The van der Waals surface area contributed by atoms with E-state index in [2.05, 4.69) is 5.16 Å². The molecule has 0 aliphatic carbocycles. The molecule has 0 bridgehead atoms. The summed E-state index contributed by atoms with van der Waals surface area (Å²) in [5.74, 6) is -2.77. The van der Waals surface area contributed by atoms with E-state index in [1.54, 1.807) is 0 Å². The van der Waals surface area contributed by atoms with Crippen molar-refractivity contribution >= 4 is 28.9 Å². The number of nitro benzene ring substituents is 1. The summed E-state index contributed by atoms with van der Waals surface area (Å²) in [6.45, 7) is 0. The third kappa shape index (κ3) is 3.00. The van der Waals surface area contributed by atoms with E-state index in [1.807, 2.05) is 0 Å². The number of oxime groups is 1. The van der Waals surface area contributed by atoms with Gasteiger partial charge < -0.3 is 4.84 Å². The van der Waals surface area contributed by atoms with Gasteiger partial charge in [-0.3, -0.25) is 19.7 Å². The molecule has 0 radical (unpaired) electrons. The minimum atomic E-state index is -4.64. The van der Waals surface area contributed by atoms with Crippen LogP contribution in [0.3, 0.4) is 0 Å². The van der Waals surface area contributed by atoms with Crippen LogP contribution in [0.4, 0.5) is 24.5 Å². The maximum atomic E-state index is 13.0. The topological polar surface area (TPSA) is 102 Å². The van der Waals surface area contributed by atoms with Crippen LogP contribution in [0.1, 0.15) is 11.1 Å². The number of nitro groups is 1. The first-order chi connectivity index (χ1) is 13.7. The van der Waals surface area contributed by atoms with Gasteiger partial charge in [0.05, 0.1) is 16.2 Å². The van der Waals surface area contributed by atoms with Crippen molar-refractivity contribution < 1.29 is 32.5 Å². The number of anilines is 1. The predicted molar refractivity (Wildman–Crippen MR) is 91.9 cm³/mol. The molecule has 2 aliphatic rings. The van der Waals surface area contributed by atoms with Crippen LogP contribution in [-0.2, 0) is 20.6 Å². The number of alkyl halides is 3. The van der Waals surface area contributed by atoms with Crippen molar-refractivity contribution in [1.29, 1.82) is 0 Å². The average Bonchev–Trinajstić information content (AvgIpc) is 3.22. The molecule has 29 heavy (non-hydrogen) atoms. The monoisotopic (exact) mass is 405 g/mol. The van der Waals surface area contributed by atoms with Gasteiger partial charge in [0, 0.05) is 17.7 Å². The zero-order valence-corrected chi connectivity index (χ0v) is 14.3. The van der Waals surface area contributed by atoms with Gasteiger partial charge in [0.25, 0.3) is 11.6 Å². The molecule has 11 heteroatoms. The van der Waals surface area contributed by atoms with Crippen LogP contribution in [0.25, 0.3) is 0 Å². The van der Waals surface area contributed by atoms with E-state index in [0.717, 1.165) is 12.1 Å². The van der Waals surface area contributed by atoms with Gasteiger partial charge in [-0.2, -0.15) is 13.2 Å². The number of carbonyl (C=O) groups excluding carboxylic acids is 2. The third-order valence-corrected chi connectivity index (χ3v) is 4.62. The van der Waals surface area contributed by atoms with E-state index in [0.29, 0.717) is 16.5 Å². The van der Waals surface area contributed by atoms with E-state index in [-0.39, 0.29) is 17.1 Å². The molecule has 2 aromatic rings. The molecule has 2 aromatic carbocycles. The number of hydrogen-bond donors (Lipinski definition) is 0. The van der Waals surface area contributed by atoms with Crippen molar-refractivity contribution in [1.82, 2.24) is 0 Å². The average molecular weight is 405 g/mol. The molecule has 0 saturated carbocycles. The van der Waals surface area contributed by atoms with Gasteiger partial charge in [-0.05, 0) is 30.3 Å². The summed E-state index contributed by atoms with van der Waals surface area (Å²) in [6, 6.07) is 8.97. The quantitative estimate of drug-likeness (QED) is 0.444. The fraction of sp³-hybridized carbons (Fsp3) is 0.167. The predicted octanol–water partition coefficient (Wildman–Crippen LogP) is 2.91. The number of rotatable bonds is 3. The molecule has 0 aromatic heterocycles. The van der Waals surface area contributed by atoms with Gasteiger partial charge in [-0.15, -0.1) is 0 Å². The molecule has 2 amide bonds. The van der Waals surface area contributed by atoms with E-state index in [9.17, 15) is 32.9 Å². The Hall–Kier alpha value is -3.76. The molecule has 2 heterocycles. The smallest absolute Gasteiger partial charge is 0.381 e. The van der Waals surface area contributed by atoms with Gasteiger partial charge in [-0.1, -0.05) is 11.2 Å². The van der Waals surface area contributed by atoms with E-state index in [4.69, 9.17) is 4.84 Å². The number of fused-ring (bicyclic) bond motifs is 1. The molecule has 4 rings (SSSR count). The number of benzene rings is 2. The summed E-state index contributed by atoms with van der Waals surface area (Å²) in [5.41, 5.74) is -0.995. The zero-order valence-electron chi connectivity index (χ0n) is 14.3. The summed E-state index contributed by atoms with van der Waals surface area (Å²) in [6.07, 6.45) is -5.94. The Morgan fingerprint density at radius 3 is 2.38 bits per heavy atom. The third-order valence-electron chi connectivity index (χ3n) is 4.62. The van der Waals surface area contributed by atoms with Crippen molar-refractivity contribution in [3.05, 3.63) is 69.8 Å². The standard InChI is InChI=1S/C18H10F3N3O5/c19-18(20,21)10-2-1-3-12(8-10)23-16(25)13-14(22-29-15(13)17(23)26)9-4-6-11(7-5-9)24(27)28/h1-8,13,15H/t13-,15+/m1/s1. The van der Waals surface area contributed by atoms with Gasteiger partial charge in [0.15, 0.2) is 0 Å². The number of halogens is 3. The molecule has 148 valence electrons. The summed E-state index contributed by atoms with van der Waals surface area (Å²) >= 11 is 0. The lowest BCUT2D eigenvalue weighted by Gasteiger charge is -2.17. The van der Waals surface area contributed by atoms with Gasteiger partial charge in [-0.25, -0.2) is 4.90 Å². The van der Waals surface area contributed by atoms with Crippen molar-refractivity contribution in [3.8, 4) is 0 Å². The summed E-state index contributed by atoms with van der Waals surface area (Å²) < 4.78 is 38.9. The number of nitrogens with zero attached hydrogens (tertiary/aromatic N) is 3. The first-order valence-corrected chi connectivity index (χ1v) is 8.22. The zero-order chi connectivity index (χ0) is 20.9. The van der Waals surface area contributed by atoms with Crippen molar-refractivity contribution in [3.63, 3.8) is 0 Å². The molecule has 0 spiro atoms. The van der Waals surface area contributed by atoms with Crippen LogP contribution >= 0.6 is 0 Å². The second-order valence-electron chi connectivity index (χ2n) is 6.34. The normalized spacial score (nSPS) is 21.1. The van der Waals surface area contributed by atoms with Crippen molar-refractivity contribution in [2.45, 2.75) is 12.3 Å². The molecular weight excluding hydrogens is 395 g/mol. The largest absolute Gasteiger partial charge is 0.416 e. The lowest BCUT2D eigenvalue weighted by molar-refractivity contribution is -0.384. The Bertz CT molecular complexity index is 1070. The minimum Gasteiger partial charge on any atom is -0.381 e. The van der Waals surface area contributed by atoms with E-state index >= 15 is 0 Å². The summed E-state index contributed by atoms with van der Waals surface area (Å²) in [4.78, 5) is 41.4. The lowest BCUT2D eigenvalue weighted by Crippen LogP contribution is -2.33. The van der Waals surface area contributed by atoms with Crippen LogP contribution < -0.4 is 4.90 Å². The molecule has 1 saturated heterocycles. The minimum absolute atomic E-state index is 0.0812. The van der Waals surface area contributed by atoms with E-state index < -0.39 is 40.5 Å². The molecule has 2 aliphatic heterocycles. The Balaban J connectivity index is 1.67. The first kappa shape index (κ1) is 18.6. The summed E-state index contributed by atoms with van der Waals surface area (Å²) in [5, 5.41) is 14.5. The lowest BCUT2D eigenvalue weighted by atomic mass is 9.94. The second kappa shape index (κ2) is 6.40. The molecule has 8 nitrogen and oxygen atoms in total. The second-order valence-corrected chi connectivity index (χ2v) is 6.34. The molecule has 0 N–H and O–H groups in total. The molecular formula is C18H10F3N3O5. The number of hydrogen-bond acceptors (Lipinski definition) is 6. The highest BCUT2D eigenvalue weighted by molar-refractivity contribution is 6.32. The van der Waals surface area contributed by atoms with Crippen LogP contribution in [0, 0.1) is 16.0 Å². The van der Waals surface area contributed by atoms with Crippen LogP contribution in [-0.4, -0.2) is 28.6 Å². The Kier molecular flexibility index (Phi) is 4.10. The Labute approximate surface area is 160 Å².